The van der Waals surface area contributed by atoms with Crippen LogP contribution in [0.1, 0.15) is 75.0 Å². The Labute approximate surface area is 169 Å². The molecule has 3 nitrogen and oxygen atoms in total. The van der Waals surface area contributed by atoms with Crippen LogP contribution < -0.4 is 0 Å². The highest BCUT2D eigenvalue weighted by Gasteiger charge is 2.51. The van der Waals surface area contributed by atoms with Crippen LogP contribution in [0.5, 0.6) is 0 Å². The molecule has 6 rings (SSSR count). The highest BCUT2D eigenvalue weighted by molar-refractivity contribution is 5.80. The Hall–Kier alpha value is -1.35. The van der Waals surface area contributed by atoms with E-state index in [9.17, 15) is 4.79 Å². The third-order valence-electron chi connectivity index (χ3n) is 9.33. The first-order valence-electron chi connectivity index (χ1n) is 11.7. The maximum atomic E-state index is 12.5. The van der Waals surface area contributed by atoms with Crippen LogP contribution in [0.15, 0.2) is 24.3 Å². The summed E-state index contributed by atoms with van der Waals surface area (Å²) in [5.41, 5.74) is 3.34. The SMILES string of the molecule is CN1C(=O)C[C@@H]2CC3(CCN(C4CC5CCC(C5)C4)CC3)c3ccccc3[C@@H]21. The molecule has 28 heavy (non-hydrogen) atoms. The number of piperidine rings is 1. The number of amides is 1. The second kappa shape index (κ2) is 6.32. The Balaban J connectivity index is 1.26. The molecule has 1 spiro atoms. The van der Waals surface area contributed by atoms with Crippen LogP contribution in [0.2, 0.25) is 0 Å². The Morgan fingerprint density at radius 1 is 1.00 bits per heavy atom. The van der Waals surface area contributed by atoms with Gasteiger partial charge < -0.3 is 9.80 Å². The van der Waals surface area contributed by atoms with Gasteiger partial charge in [0, 0.05) is 19.5 Å². The van der Waals surface area contributed by atoms with Gasteiger partial charge in [0.25, 0.3) is 0 Å². The van der Waals surface area contributed by atoms with Gasteiger partial charge in [0.05, 0.1) is 6.04 Å². The molecule has 2 bridgehead atoms. The summed E-state index contributed by atoms with van der Waals surface area (Å²) < 4.78 is 0. The number of likely N-dealkylation sites (tertiary alicyclic amines) is 2. The van der Waals surface area contributed by atoms with E-state index in [-0.39, 0.29) is 0 Å². The van der Waals surface area contributed by atoms with Gasteiger partial charge >= 0.3 is 0 Å². The molecule has 2 heterocycles. The normalized spacial score (nSPS) is 39.2. The quantitative estimate of drug-likeness (QED) is 0.717. The van der Waals surface area contributed by atoms with Crippen molar-refractivity contribution in [2.24, 2.45) is 17.8 Å². The number of hydrogen-bond acceptors (Lipinski definition) is 2. The second-order valence-electron chi connectivity index (χ2n) is 10.7. The molecule has 2 aliphatic heterocycles. The Morgan fingerprint density at radius 3 is 2.46 bits per heavy atom. The molecule has 2 saturated heterocycles. The summed E-state index contributed by atoms with van der Waals surface area (Å²) in [4.78, 5) is 17.4. The molecule has 0 N–H and O–H groups in total. The standard InChI is InChI=1S/C25H34N2O/c1-26-23(28)15-19-16-25(22-5-3-2-4-21(22)24(19)26)8-10-27(11-9-25)20-13-17-6-7-18(12-17)14-20/h2-5,17-20,24H,6-16H2,1H3/t17?,18?,19-,20?,24-/m1/s1. The van der Waals surface area contributed by atoms with Gasteiger partial charge in [0.1, 0.15) is 0 Å². The highest BCUT2D eigenvalue weighted by atomic mass is 16.2. The molecule has 150 valence electrons. The summed E-state index contributed by atoms with van der Waals surface area (Å²) >= 11 is 0. The molecule has 2 unspecified atom stereocenters. The van der Waals surface area contributed by atoms with Gasteiger partial charge in [0.2, 0.25) is 5.91 Å². The molecule has 3 aliphatic carbocycles. The van der Waals surface area contributed by atoms with E-state index in [0.717, 1.165) is 24.3 Å². The third-order valence-corrected chi connectivity index (χ3v) is 9.33. The minimum absolute atomic E-state index is 0.313. The average molecular weight is 379 g/mol. The predicted molar refractivity (Wildman–Crippen MR) is 111 cm³/mol. The van der Waals surface area contributed by atoms with E-state index >= 15 is 0 Å². The third kappa shape index (κ3) is 2.54. The van der Waals surface area contributed by atoms with E-state index in [1.165, 1.54) is 70.0 Å². The van der Waals surface area contributed by atoms with Crippen molar-refractivity contribution < 1.29 is 4.79 Å². The first-order chi connectivity index (χ1) is 13.6. The van der Waals surface area contributed by atoms with E-state index < -0.39 is 0 Å². The molecule has 0 radical (unpaired) electrons. The average Bonchev–Trinajstić information content (AvgIpc) is 3.20. The minimum atomic E-state index is 0.313. The first kappa shape index (κ1) is 17.5. The zero-order valence-electron chi connectivity index (χ0n) is 17.3. The van der Waals surface area contributed by atoms with Crippen LogP contribution in [-0.4, -0.2) is 41.9 Å². The summed E-state index contributed by atoms with van der Waals surface area (Å²) in [6, 6.07) is 10.3. The van der Waals surface area contributed by atoms with Gasteiger partial charge in [-0.15, -0.1) is 0 Å². The lowest BCUT2D eigenvalue weighted by molar-refractivity contribution is -0.127. The van der Waals surface area contributed by atoms with Gasteiger partial charge in [-0.1, -0.05) is 37.1 Å². The first-order valence-corrected chi connectivity index (χ1v) is 11.7. The molecule has 1 aromatic rings. The van der Waals surface area contributed by atoms with Crippen molar-refractivity contribution in [1.82, 2.24) is 9.80 Å². The number of carbonyl (C=O) groups is 1. The smallest absolute Gasteiger partial charge is 0.223 e. The number of fused-ring (bicyclic) bond motifs is 6. The lowest BCUT2D eigenvalue weighted by atomic mass is 9.60. The van der Waals surface area contributed by atoms with Crippen molar-refractivity contribution in [3.63, 3.8) is 0 Å². The monoisotopic (exact) mass is 378 g/mol. The molecule has 1 amide bonds. The number of benzene rings is 1. The van der Waals surface area contributed by atoms with Crippen molar-refractivity contribution >= 4 is 5.91 Å². The molecule has 3 heteroatoms. The molecular weight excluding hydrogens is 344 g/mol. The Kier molecular flexibility index (Phi) is 3.95. The van der Waals surface area contributed by atoms with Gasteiger partial charge in [-0.05, 0) is 85.9 Å². The van der Waals surface area contributed by atoms with Crippen LogP contribution in [0, 0.1) is 17.8 Å². The predicted octanol–water partition coefficient (Wildman–Crippen LogP) is 4.52. The molecule has 2 saturated carbocycles. The summed E-state index contributed by atoms with van der Waals surface area (Å²) in [5, 5.41) is 0. The molecule has 5 aliphatic rings. The second-order valence-corrected chi connectivity index (χ2v) is 10.7. The Morgan fingerprint density at radius 2 is 1.71 bits per heavy atom. The summed E-state index contributed by atoms with van der Waals surface area (Å²) in [5.74, 6) is 2.91. The fourth-order valence-electron chi connectivity index (χ4n) is 8.01. The van der Waals surface area contributed by atoms with Crippen LogP contribution in [0.4, 0.5) is 0 Å². The molecule has 4 atom stereocenters. The Bertz CT molecular complexity index is 769. The molecule has 4 fully saturated rings. The van der Waals surface area contributed by atoms with Crippen molar-refractivity contribution in [2.45, 2.75) is 75.3 Å². The van der Waals surface area contributed by atoms with E-state index in [1.54, 1.807) is 5.56 Å². The number of nitrogens with zero attached hydrogens (tertiary/aromatic N) is 2. The molecule has 1 aromatic carbocycles. The fourth-order valence-corrected chi connectivity index (χ4v) is 8.01. The number of carbonyl (C=O) groups excluding carboxylic acids is 1. The van der Waals surface area contributed by atoms with Crippen LogP contribution in [0.3, 0.4) is 0 Å². The fraction of sp³-hybridized carbons (Fsp3) is 0.720. The van der Waals surface area contributed by atoms with Crippen LogP contribution in [0.25, 0.3) is 0 Å². The largest absolute Gasteiger partial charge is 0.338 e. The minimum Gasteiger partial charge on any atom is -0.338 e. The van der Waals surface area contributed by atoms with E-state index in [0.29, 0.717) is 23.3 Å². The van der Waals surface area contributed by atoms with Gasteiger partial charge in [-0.25, -0.2) is 0 Å². The van der Waals surface area contributed by atoms with Crippen LogP contribution >= 0.6 is 0 Å². The number of hydrogen-bond donors (Lipinski definition) is 0. The van der Waals surface area contributed by atoms with Gasteiger partial charge in [-0.2, -0.15) is 0 Å². The summed E-state index contributed by atoms with van der Waals surface area (Å²) in [7, 11) is 2.02. The van der Waals surface area contributed by atoms with Crippen molar-refractivity contribution in [3.8, 4) is 0 Å². The van der Waals surface area contributed by atoms with E-state index in [1.807, 2.05) is 11.9 Å². The van der Waals surface area contributed by atoms with Crippen LogP contribution in [-0.2, 0) is 10.2 Å². The maximum absolute atomic E-state index is 12.5. The van der Waals surface area contributed by atoms with E-state index in [4.69, 9.17) is 0 Å². The van der Waals surface area contributed by atoms with Crippen molar-refractivity contribution in [3.05, 3.63) is 35.4 Å². The maximum Gasteiger partial charge on any atom is 0.223 e. The van der Waals surface area contributed by atoms with Gasteiger partial charge in [-0.3, -0.25) is 4.79 Å². The summed E-state index contributed by atoms with van der Waals surface area (Å²) in [6.07, 6.45) is 12.0. The zero-order chi connectivity index (χ0) is 18.9. The molecule has 0 aromatic heterocycles. The topological polar surface area (TPSA) is 23.6 Å². The zero-order valence-corrected chi connectivity index (χ0v) is 17.3. The molecular formula is C25H34N2O. The highest BCUT2D eigenvalue weighted by Crippen LogP contribution is 2.55. The lowest BCUT2D eigenvalue weighted by Gasteiger charge is -2.51. The summed E-state index contributed by atoms with van der Waals surface area (Å²) in [6.45, 7) is 2.53. The number of rotatable bonds is 1. The van der Waals surface area contributed by atoms with Gasteiger partial charge in [0.15, 0.2) is 0 Å². The van der Waals surface area contributed by atoms with Crippen molar-refractivity contribution in [1.29, 1.82) is 0 Å². The van der Waals surface area contributed by atoms with Crippen molar-refractivity contribution in [2.75, 3.05) is 20.1 Å². The van der Waals surface area contributed by atoms with E-state index in [2.05, 4.69) is 29.2 Å². The lowest BCUT2D eigenvalue weighted by Crippen LogP contribution is -2.50.